The van der Waals surface area contributed by atoms with E-state index in [0.717, 1.165) is 0 Å². The van der Waals surface area contributed by atoms with E-state index in [-0.39, 0.29) is 5.82 Å². The Labute approximate surface area is 64.4 Å². The third kappa shape index (κ3) is 1.38. The summed E-state index contributed by atoms with van der Waals surface area (Å²) >= 11 is 1.74. The lowest BCUT2D eigenvalue weighted by Crippen LogP contribution is -1.90. The van der Waals surface area contributed by atoms with E-state index in [0.29, 0.717) is 0 Å². The maximum Gasteiger partial charge on any atom is 0.296 e. The number of nitrogens with zero attached hydrogens (tertiary/aromatic N) is 2. The van der Waals surface area contributed by atoms with Crippen LogP contribution in [0.15, 0.2) is 12.4 Å². The minimum absolute atomic E-state index is 0.199. The SMILES string of the molecule is FC(F)c1nccn1I. The summed E-state index contributed by atoms with van der Waals surface area (Å²) in [5, 5.41) is 0. The van der Waals surface area contributed by atoms with Crippen LogP contribution in [0.25, 0.3) is 0 Å². The van der Waals surface area contributed by atoms with Crippen molar-refractivity contribution in [2.45, 2.75) is 6.43 Å². The molecule has 0 amide bonds. The molecule has 0 unspecified atom stereocenters. The van der Waals surface area contributed by atoms with Crippen LogP contribution in [0, 0.1) is 0 Å². The van der Waals surface area contributed by atoms with Crippen LogP contribution in [0.3, 0.4) is 0 Å². The molecule has 0 aliphatic heterocycles. The first kappa shape index (κ1) is 6.91. The molecule has 1 aromatic rings. The smallest absolute Gasteiger partial charge is 0.271 e. The topological polar surface area (TPSA) is 17.8 Å². The van der Waals surface area contributed by atoms with Gasteiger partial charge in [0.2, 0.25) is 0 Å². The van der Waals surface area contributed by atoms with Crippen molar-refractivity contribution in [3.8, 4) is 0 Å². The van der Waals surface area contributed by atoms with Crippen molar-refractivity contribution in [2.24, 2.45) is 0 Å². The Hall–Kier alpha value is -0.200. The van der Waals surface area contributed by atoms with E-state index in [1.807, 2.05) is 0 Å². The van der Waals surface area contributed by atoms with E-state index < -0.39 is 6.43 Å². The van der Waals surface area contributed by atoms with Crippen LogP contribution < -0.4 is 0 Å². The number of hydrogen-bond acceptors (Lipinski definition) is 1. The molecule has 2 nitrogen and oxygen atoms in total. The van der Waals surface area contributed by atoms with Gasteiger partial charge in [-0.25, -0.2) is 13.8 Å². The highest BCUT2D eigenvalue weighted by Gasteiger charge is 2.11. The molecular formula is C4H3F2IN2. The molecule has 0 aliphatic carbocycles. The molecule has 0 spiro atoms. The average molecular weight is 244 g/mol. The number of alkyl halides is 2. The maximum atomic E-state index is 11.8. The van der Waals surface area contributed by atoms with Crippen LogP contribution in [-0.2, 0) is 0 Å². The minimum atomic E-state index is -2.48. The molecule has 0 aromatic carbocycles. The Kier molecular flexibility index (Phi) is 1.99. The van der Waals surface area contributed by atoms with Crippen LogP contribution >= 0.6 is 22.9 Å². The van der Waals surface area contributed by atoms with Gasteiger partial charge < -0.3 is 0 Å². The Bertz CT molecular complexity index is 198. The first-order valence-electron chi connectivity index (χ1n) is 2.19. The zero-order valence-corrected chi connectivity index (χ0v) is 6.42. The quantitative estimate of drug-likeness (QED) is 0.691. The van der Waals surface area contributed by atoms with Gasteiger partial charge in [0.15, 0.2) is 5.82 Å². The number of halogens is 3. The second-order valence-electron chi connectivity index (χ2n) is 1.40. The van der Waals surface area contributed by atoms with Crippen molar-refractivity contribution in [3.05, 3.63) is 18.2 Å². The van der Waals surface area contributed by atoms with Gasteiger partial charge >= 0.3 is 0 Å². The molecule has 0 radical (unpaired) electrons. The Morgan fingerprint density at radius 3 is 2.56 bits per heavy atom. The van der Waals surface area contributed by atoms with Crippen molar-refractivity contribution in [1.29, 1.82) is 0 Å². The zero-order valence-electron chi connectivity index (χ0n) is 4.26. The van der Waals surface area contributed by atoms with E-state index >= 15 is 0 Å². The minimum Gasteiger partial charge on any atom is -0.271 e. The molecule has 1 rings (SSSR count). The van der Waals surface area contributed by atoms with Gasteiger partial charge in [0.05, 0.1) is 22.9 Å². The molecule has 0 aliphatic rings. The van der Waals surface area contributed by atoms with Crippen LogP contribution in [-0.4, -0.2) is 7.76 Å². The maximum absolute atomic E-state index is 11.8. The molecule has 0 fully saturated rings. The standard InChI is InChI=1S/C4H3F2IN2/c5-3(6)4-8-1-2-9(4)7/h1-3H. The molecule has 1 heterocycles. The highest BCUT2D eigenvalue weighted by molar-refractivity contribution is 14.1. The van der Waals surface area contributed by atoms with E-state index in [4.69, 9.17) is 0 Å². The number of hydrogen-bond donors (Lipinski definition) is 0. The lowest BCUT2D eigenvalue weighted by molar-refractivity contribution is 0.141. The second kappa shape index (κ2) is 2.59. The number of rotatable bonds is 1. The first-order valence-corrected chi connectivity index (χ1v) is 3.16. The summed E-state index contributed by atoms with van der Waals surface area (Å²) in [4.78, 5) is 3.42. The normalized spacial score (nSPS) is 10.7. The van der Waals surface area contributed by atoms with Gasteiger partial charge in [0, 0.05) is 12.4 Å². The van der Waals surface area contributed by atoms with Crippen LogP contribution in [0.2, 0.25) is 0 Å². The predicted octanol–water partition coefficient (Wildman–Crippen LogP) is 2.02. The lowest BCUT2D eigenvalue weighted by atomic mass is 10.7. The predicted molar refractivity (Wildman–Crippen MR) is 36.6 cm³/mol. The molecule has 0 N–H and O–H groups in total. The molecule has 0 saturated heterocycles. The molecule has 0 atom stereocenters. The second-order valence-corrected chi connectivity index (χ2v) is 2.44. The number of imidazole rings is 1. The monoisotopic (exact) mass is 244 g/mol. The Morgan fingerprint density at radius 1 is 1.67 bits per heavy atom. The van der Waals surface area contributed by atoms with Crippen molar-refractivity contribution < 1.29 is 8.78 Å². The first-order chi connectivity index (χ1) is 4.22. The molecule has 0 bridgehead atoms. The van der Waals surface area contributed by atoms with Gasteiger partial charge in [-0.05, 0) is 0 Å². The van der Waals surface area contributed by atoms with Crippen LogP contribution in [0.1, 0.15) is 12.2 Å². The molecule has 9 heavy (non-hydrogen) atoms. The summed E-state index contributed by atoms with van der Waals surface area (Å²) < 4.78 is 24.8. The third-order valence-electron chi connectivity index (χ3n) is 0.818. The molecule has 5 heteroatoms. The average Bonchev–Trinajstić information content (AvgIpc) is 2.13. The fourth-order valence-corrected chi connectivity index (χ4v) is 0.928. The van der Waals surface area contributed by atoms with Gasteiger partial charge in [-0.2, -0.15) is 0 Å². The summed E-state index contributed by atoms with van der Waals surface area (Å²) in [6.45, 7) is 0. The van der Waals surface area contributed by atoms with Gasteiger partial charge in [0.1, 0.15) is 0 Å². The molecule has 0 saturated carbocycles. The molecule has 1 aromatic heterocycles. The molecule has 50 valence electrons. The van der Waals surface area contributed by atoms with Crippen LogP contribution in [0.4, 0.5) is 8.78 Å². The third-order valence-corrected chi connectivity index (χ3v) is 1.63. The summed E-state index contributed by atoms with van der Waals surface area (Å²) in [5.41, 5.74) is 0. The molecular weight excluding hydrogens is 241 g/mol. The highest BCUT2D eigenvalue weighted by Crippen LogP contribution is 2.17. The summed E-state index contributed by atoms with van der Waals surface area (Å²) in [6, 6.07) is 0. The van der Waals surface area contributed by atoms with Gasteiger partial charge in [-0.15, -0.1) is 0 Å². The van der Waals surface area contributed by atoms with Crippen molar-refractivity contribution in [3.63, 3.8) is 0 Å². The van der Waals surface area contributed by atoms with Gasteiger partial charge in [-0.3, -0.25) is 2.78 Å². The van der Waals surface area contributed by atoms with E-state index in [2.05, 4.69) is 4.98 Å². The lowest BCUT2D eigenvalue weighted by Gasteiger charge is -1.94. The van der Waals surface area contributed by atoms with Crippen molar-refractivity contribution in [2.75, 3.05) is 0 Å². The fraction of sp³-hybridized carbons (Fsp3) is 0.250. The Morgan fingerprint density at radius 2 is 2.33 bits per heavy atom. The van der Waals surface area contributed by atoms with Crippen LogP contribution in [0.5, 0.6) is 0 Å². The van der Waals surface area contributed by atoms with Crippen molar-refractivity contribution in [1.82, 2.24) is 7.76 Å². The highest BCUT2D eigenvalue weighted by atomic mass is 127. The Balaban J connectivity index is 2.94. The summed E-state index contributed by atoms with van der Waals surface area (Å²) in [5.74, 6) is -0.199. The van der Waals surface area contributed by atoms with E-state index in [9.17, 15) is 8.78 Å². The zero-order chi connectivity index (χ0) is 6.85. The number of aromatic nitrogens is 2. The van der Waals surface area contributed by atoms with E-state index in [1.165, 1.54) is 15.2 Å². The largest absolute Gasteiger partial charge is 0.296 e. The fourth-order valence-electron chi connectivity index (χ4n) is 0.449. The van der Waals surface area contributed by atoms with Crippen molar-refractivity contribution >= 4 is 22.9 Å². The summed E-state index contributed by atoms with van der Waals surface area (Å²) in [7, 11) is 0. The van der Waals surface area contributed by atoms with Gasteiger partial charge in [0.25, 0.3) is 6.43 Å². The summed E-state index contributed by atoms with van der Waals surface area (Å²) in [6.07, 6.45) is 0.340. The van der Waals surface area contributed by atoms with E-state index in [1.54, 1.807) is 22.9 Å². The van der Waals surface area contributed by atoms with Gasteiger partial charge in [-0.1, -0.05) is 0 Å².